The van der Waals surface area contributed by atoms with Crippen LogP contribution in [0.2, 0.25) is 0 Å². The lowest BCUT2D eigenvalue weighted by Gasteiger charge is -2.17. The van der Waals surface area contributed by atoms with Gasteiger partial charge in [-0.05, 0) is 61.2 Å². The molecule has 0 saturated carbocycles. The Labute approximate surface area is 161 Å². The molecule has 0 unspecified atom stereocenters. The van der Waals surface area contributed by atoms with Crippen LogP contribution in [-0.2, 0) is 14.8 Å². The highest BCUT2D eigenvalue weighted by molar-refractivity contribution is 9.10. The number of anilines is 1. The number of likely N-dealkylation sites (N-methyl/N-ethyl adjacent to an activating group) is 1. The van der Waals surface area contributed by atoms with E-state index >= 15 is 0 Å². The van der Waals surface area contributed by atoms with Gasteiger partial charge in [-0.1, -0.05) is 15.9 Å². The summed E-state index contributed by atoms with van der Waals surface area (Å²) in [4.78, 5) is 13.3. The molecule has 0 radical (unpaired) electrons. The molecule has 0 heterocycles. The standard InChI is InChI=1S/C17H19BrN2O3S2/c1-12-10-13(4-9-16(12)18)19-17(21)11-20(2)25(22,23)15-7-5-14(24-3)6-8-15/h4-10H,11H2,1-3H3,(H,19,21). The molecule has 0 aromatic heterocycles. The minimum Gasteiger partial charge on any atom is -0.325 e. The van der Waals surface area contributed by atoms with E-state index in [0.29, 0.717) is 5.69 Å². The van der Waals surface area contributed by atoms with Crippen LogP contribution in [0, 0.1) is 6.92 Å². The molecule has 2 aromatic carbocycles. The summed E-state index contributed by atoms with van der Waals surface area (Å²) in [6, 6.07) is 12.0. The number of sulfonamides is 1. The average Bonchev–Trinajstić information content (AvgIpc) is 2.58. The third-order valence-electron chi connectivity index (χ3n) is 3.58. The monoisotopic (exact) mass is 442 g/mol. The van der Waals surface area contributed by atoms with Gasteiger partial charge in [0, 0.05) is 22.1 Å². The first-order chi connectivity index (χ1) is 11.7. The summed E-state index contributed by atoms with van der Waals surface area (Å²) in [5, 5.41) is 2.71. The van der Waals surface area contributed by atoms with E-state index in [9.17, 15) is 13.2 Å². The number of thioether (sulfide) groups is 1. The Bertz CT molecular complexity index is 868. The van der Waals surface area contributed by atoms with E-state index in [1.165, 1.54) is 18.8 Å². The van der Waals surface area contributed by atoms with Gasteiger partial charge in [0.2, 0.25) is 15.9 Å². The Morgan fingerprint density at radius 2 is 1.84 bits per heavy atom. The summed E-state index contributed by atoms with van der Waals surface area (Å²) in [5.41, 5.74) is 1.61. The Balaban J connectivity index is 2.07. The van der Waals surface area contributed by atoms with Gasteiger partial charge in [0.25, 0.3) is 0 Å². The van der Waals surface area contributed by atoms with Gasteiger partial charge in [0.05, 0.1) is 11.4 Å². The van der Waals surface area contributed by atoms with E-state index < -0.39 is 15.9 Å². The molecule has 0 fully saturated rings. The first-order valence-electron chi connectivity index (χ1n) is 7.40. The number of aryl methyl sites for hydroxylation is 1. The maximum absolute atomic E-state index is 12.6. The molecular weight excluding hydrogens is 424 g/mol. The predicted octanol–water partition coefficient (Wildman–Crippen LogP) is 3.74. The number of nitrogens with zero attached hydrogens (tertiary/aromatic N) is 1. The van der Waals surface area contributed by atoms with Crippen LogP contribution >= 0.6 is 27.7 Å². The smallest absolute Gasteiger partial charge is 0.243 e. The van der Waals surface area contributed by atoms with Gasteiger partial charge in [0.15, 0.2) is 0 Å². The third kappa shape index (κ3) is 5.07. The van der Waals surface area contributed by atoms with E-state index in [0.717, 1.165) is 19.2 Å². The van der Waals surface area contributed by atoms with Crippen LogP contribution in [0.5, 0.6) is 0 Å². The van der Waals surface area contributed by atoms with E-state index in [1.54, 1.807) is 30.3 Å². The quantitative estimate of drug-likeness (QED) is 0.691. The Morgan fingerprint density at radius 3 is 2.40 bits per heavy atom. The number of benzene rings is 2. The number of amides is 1. The van der Waals surface area contributed by atoms with Gasteiger partial charge in [-0.2, -0.15) is 4.31 Å². The summed E-state index contributed by atoms with van der Waals surface area (Å²) in [6.07, 6.45) is 1.92. The Kier molecular flexibility index (Phi) is 6.67. The SMILES string of the molecule is CSc1ccc(S(=O)(=O)N(C)CC(=O)Nc2ccc(Br)c(C)c2)cc1. The second kappa shape index (κ2) is 8.35. The molecule has 8 heteroatoms. The van der Waals surface area contributed by atoms with Gasteiger partial charge in [-0.25, -0.2) is 8.42 Å². The van der Waals surface area contributed by atoms with Crippen molar-refractivity contribution in [1.29, 1.82) is 0 Å². The minimum atomic E-state index is -3.71. The lowest BCUT2D eigenvalue weighted by molar-refractivity contribution is -0.116. The van der Waals surface area contributed by atoms with Crippen molar-refractivity contribution in [2.45, 2.75) is 16.7 Å². The van der Waals surface area contributed by atoms with Crippen LogP contribution in [-0.4, -0.2) is 38.5 Å². The van der Waals surface area contributed by atoms with Gasteiger partial charge >= 0.3 is 0 Å². The summed E-state index contributed by atoms with van der Waals surface area (Å²) in [6.45, 7) is 1.65. The maximum atomic E-state index is 12.6. The van der Waals surface area contributed by atoms with Crippen molar-refractivity contribution in [2.75, 3.05) is 25.2 Å². The number of hydrogen-bond acceptors (Lipinski definition) is 4. The van der Waals surface area contributed by atoms with E-state index in [-0.39, 0.29) is 11.4 Å². The molecule has 0 aliphatic rings. The fourth-order valence-corrected chi connectivity index (χ4v) is 3.92. The highest BCUT2D eigenvalue weighted by Gasteiger charge is 2.23. The topological polar surface area (TPSA) is 66.5 Å². The molecular formula is C17H19BrN2O3S2. The normalized spacial score (nSPS) is 11.6. The third-order valence-corrected chi connectivity index (χ3v) is 7.03. The van der Waals surface area contributed by atoms with Crippen LogP contribution in [0.3, 0.4) is 0 Å². The molecule has 1 amide bonds. The zero-order valence-electron chi connectivity index (χ0n) is 14.1. The fraction of sp³-hybridized carbons (Fsp3) is 0.235. The molecule has 25 heavy (non-hydrogen) atoms. The molecule has 0 spiro atoms. The van der Waals surface area contributed by atoms with Crippen LogP contribution in [0.15, 0.2) is 56.7 Å². The first kappa shape index (κ1) is 20.0. The van der Waals surface area contributed by atoms with Gasteiger partial charge < -0.3 is 5.32 Å². The lowest BCUT2D eigenvalue weighted by atomic mass is 10.2. The summed E-state index contributed by atoms with van der Waals surface area (Å²) < 4.78 is 27.1. The predicted molar refractivity (Wildman–Crippen MR) is 106 cm³/mol. The van der Waals surface area contributed by atoms with Gasteiger partial charge in [0.1, 0.15) is 0 Å². The second-order valence-electron chi connectivity index (χ2n) is 5.45. The fourth-order valence-electron chi connectivity index (χ4n) is 2.14. The van der Waals surface area contributed by atoms with Crippen LogP contribution in [0.4, 0.5) is 5.69 Å². The van der Waals surface area contributed by atoms with Crippen molar-refractivity contribution in [3.63, 3.8) is 0 Å². The van der Waals surface area contributed by atoms with E-state index in [4.69, 9.17) is 0 Å². The maximum Gasteiger partial charge on any atom is 0.243 e. The Morgan fingerprint density at radius 1 is 1.20 bits per heavy atom. The van der Waals surface area contributed by atoms with E-state index in [2.05, 4.69) is 21.2 Å². The molecule has 5 nitrogen and oxygen atoms in total. The number of hydrogen-bond donors (Lipinski definition) is 1. The number of nitrogens with one attached hydrogen (secondary N) is 1. The molecule has 134 valence electrons. The molecule has 0 aliphatic carbocycles. The van der Waals surface area contributed by atoms with Crippen LogP contribution < -0.4 is 5.32 Å². The molecule has 0 aliphatic heterocycles. The van der Waals surface area contributed by atoms with Crippen molar-refractivity contribution >= 4 is 49.3 Å². The molecule has 0 atom stereocenters. The summed E-state index contributed by atoms with van der Waals surface area (Å²) >= 11 is 4.93. The second-order valence-corrected chi connectivity index (χ2v) is 9.23. The van der Waals surface area contributed by atoms with Crippen molar-refractivity contribution in [1.82, 2.24) is 4.31 Å². The number of rotatable bonds is 6. The highest BCUT2D eigenvalue weighted by Crippen LogP contribution is 2.21. The average molecular weight is 443 g/mol. The van der Waals surface area contributed by atoms with Crippen molar-refractivity contribution in [3.8, 4) is 0 Å². The first-order valence-corrected chi connectivity index (χ1v) is 10.9. The van der Waals surface area contributed by atoms with Crippen molar-refractivity contribution in [3.05, 3.63) is 52.5 Å². The van der Waals surface area contributed by atoms with E-state index in [1.807, 2.05) is 25.3 Å². The number of halogens is 1. The minimum absolute atomic E-state index is 0.167. The summed E-state index contributed by atoms with van der Waals surface area (Å²) in [5.74, 6) is -0.395. The van der Waals surface area contributed by atoms with Gasteiger partial charge in [-0.3, -0.25) is 4.79 Å². The molecule has 1 N–H and O–H groups in total. The number of carbonyl (C=O) groups excluding carboxylic acids is 1. The molecule has 0 saturated heterocycles. The largest absolute Gasteiger partial charge is 0.325 e. The lowest BCUT2D eigenvalue weighted by Crippen LogP contribution is -2.34. The van der Waals surface area contributed by atoms with Gasteiger partial charge in [-0.15, -0.1) is 11.8 Å². The van der Waals surface area contributed by atoms with Crippen LogP contribution in [0.1, 0.15) is 5.56 Å². The van der Waals surface area contributed by atoms with Crippen molar-refractivity contribution < 1.29 is 13.2 Å². The summed E-state index contributed by atoms with van der Waals surface area (Å²) in [7, 11) is -2.32. The Hall–Kier alpha value is -1.35. The number of carbonyl (C=O) groups is 1. The molecule has 2 aromatic rings. The molecule has 0 bridgehead atoms. The zero-order chi connectivity index (χ0) is 18.6. The van der Waals surface area contributed by atoms with Crippen molar-refractivity contribution in [2.24, 2.45) is 0 Å². The molecule has 2 rings (SSSR count). The van der Waals surface area contributed by atoms with Crippen LogP contribution in [0.25, 0.3) is 0 Å². The highest BCUT2D eigenvalue weighted by atomic mass is 79.9. The zero-order valence-corrected chi connectivity index (χ0v) is 17.3.